The van der Waals surface area contributed by atoms with Gasteiger partial charge in [-0.05, 0) is 12.8 Å². The number of nitrogens with one attached hydrogen (secondary N) is 2. The van der Waals surface area contributed by atoms with Gasteiger partial charge in [0.15, 0.2) is 5.82 Å². The van der Waals surface area contributed by atoms with Crippen molar-refractivity contribution in [2.75, 3.05) is 33.4 Å². The van der Waals surface area contributed by atoms with Crippen LogP contribution in [0.2, 0.25) is 0 Å². The third-order valence-electron chi connectivity index (χ3n) is 4.36. The van der Waals surface area contributed by atoms with E-state index in [1.54, 1.807) is 7.05 Å². The van der Waals surface area contributed by atoms with E-state index in [0.717, 1.165) is 25.3 Å². The lowest BCUT2D eigenvalue weighted by Crippen LogP contribution is -2.51. The molecule has 22 heavy (non-hydrogen) atoms. The molecule has 2 heterocycles. The maximum absolute atomic E-state index is 11.3. The van der Waals surface area contributed by atoms with Gasteiger partial charge in [-0.2, -0.15) is 4.98 Å². The van der Waals surface area contributed by atoms with E-state index in [-0.39, 0.29) is 12.1 Å². The summed E-state index contributed by atoms with van der Waals surface area (Å²) in [5, 5.41) is 9.46. The monoisotopic (exact) mass is 309 g/mol. The van der Waals surface area contributed by atoms with E-state index in [1.165, 1.54) is 6.42 Å². The normalized spacial score (nSPS) is 23.0. The van der Waals surface area contributed by atoms with Crippen molar-refractivity contribution in [2.24, 2.45) is 0 Å². The van der Waals surface area contributed by atoms with Crippen LogP contribution in [-0.2, 0) is 11.3 Å². The van der Waals surface area contributed by atoms with Crippen LogP contribution in [0.4, 0.5) is 4.79 Å². The van der Waals surface area contributed by atoms with E-state index in [1.807, 2.05) is 0 Å². The predicted octanol–water partition coefficient (Wildman–Crippen LogP) is 0.467. The van der Waals surface area contributed by atoms with E-state index >= 15 is 0 Å². The SMILES string of the molecule is CNC(=O)NCC1COCCN1Cc1noc(C2CCC2)n1. The van der Waals surface area contributed by atoms with Gasteiger partial charge in [0.25, 0.3) is 0 Å². The number of nitrogens with zero attached hydrogens (tertiary/aromatic N) is 3. The molecule has 1 atom stereocenters. The second-order valence-corrected chi connectivity index (χ2v) is 5.84. The topological polar surface area (TPSA) is 92.5 Å². The highest BCUT2D eigenvalue weighted by Gasteiger charge is 2.28. The van der Waals surface area contributed by atoms with Crippen LogP contribution in [0, 0.1) is 0 Å². The Balaban J connectivity index is 1.56. The molecule has 122 valence electrons. The summed E-state index contributed by atoms with van der Waals surface area (Å²) in [6.07, 6.45) is 3.55. The fraction of sp³-hybridized carbons (Fsp3) is 0.786. The molecule has 1 aliphatic carbocycles. The standard InChI is InChI=1S/C14H23N5O3/c1-15-14(20)16-7-11-9-21-6-5-19(11)8-12-17-13(22-18-12)10-3-2-4-10/h10-11H,2-9H2,1H3,(H2,15,16,20). The smallest absolute Gasteiger partial charge is 0.314 e. The average Bonchev–Trinajstić information content (AvgIpc) is 2.92. The lowest BCUT2D eigenvalue weighted by molar-refractivity contribution is -0.0113. The molecule has 8 heteroatoms. The van der Waals surface area contributed by atoms with Gasteiger partial charge in [-0.1, -0.05) is 11.6 Å². The molecule has 1 aliphatic heterocycles. The summed E-state index contributed by atoms with van der Waals surface area (Å²) in [4.78, 5) is 18.1. The molecule has 1 aromatic heterocycles. The first-order chi connectivity index (χ1) is 10.8. The van der Waals surface area contributed by atoms with Crippen molar-refractivity contribution < 1.29 is 14.1 Å². The highest BCUT2D eigenvalue weighted by molar-refractivity contribution is 5.73. The van der Waals surface area contributed by atoms with Gasteiger partial charge in [0.05, 0.1) is 25.8 Å². The number of carbonyl (C=O) groups excluding carboxylic acids is 1. The van der Waals surface area contributed by atoms with E-state index in [4.69, 9.17) is 9.26 Å². The zero-order valence-corrected chi connectivity index (χ0v) is 12.9. The Hall–Kier alpha value is -1.67. The predicted molar refractivity (Wildman–Crippen MR) is 78.4 cm³/mol. The van der Waals surface area contributed by atoms with Crippen molar-refractivity contribution in [3.8, 4) is 0 Å². The van der Waals surface area contributed by atoms with Crippen LogP contribution in [0.3, 0.4) is 0 Å². The molecule has 1 unspecified atom stereocenters. The average molecular weight is 309 g/mol. The van der Waals surface area contributed by atoms with Crippen molar-refractivity contribution in [1.29, 1.82) is 0 Å². The summed E-state index contributed by atoms with van der Waals surface area (Å²) >= 11 is 0. The molecule has 1 aromatic rings. The minimum atomic E-state index is -0.183. The lowest BCUT2D eigenvalue weighted by Gasteiger charge is -2.34. The number of amides is 2. The Kier molecular flexibility index (Phi) is 4.89. The molecule has 1 saturated heterocycles. The van der Waals surface area contributed by atoms with Gasteiger partial charge in [-0.3, -0.25) is 4.90 Å². The molecule has 2 aliphatic rings. The second-order valence-electron chi connectivity index (χ2n) is 5.84. The number of carbonyl (C=O) groups is 1. The van der Waals surface area contributed by atoms with Crippen LogP contribution in [0.1, 0.15) is 36.9 Å². The van der Waals surface area contributed by atoms with E-state index < -0.39 is 0 Å². The molecule has 0 bridgehead atoms. The quantitative estimate of drug-likeness (QED) is 0.821. The van der Waals surface area contributed by atoms with Crippen LogP contribution in [-0.4, -0.2) is 60.5 Å². The third-order valence-corrected chi connectivity index (χ3v) is 4.36. The summed E-state index contributed by atoms with van der Waals surface area (Å²) in [6.45, 7) is 3.24. The molecule has 1 saturated carbocycles. The van der Waals surface area contributed by atoms with Crippen LogP contribution >= 0.6 is 0 Å². The van der Waals surface area contributed by atoms with Crippen LogP contribution in [0.5, 0.6) is 0 Å². The molecular formula is C14H23N5O3. The first kappa shape index (κ1) is 15.2. The Morgan fingerprint density at radius 3 is 3.05 bits per heavy atom. The molecule has 2 N–H and O–H groups in total. The molecule has 2 amide bonds. The fourth-order valence-corrected chi connectivity index (χ4v) is 2.72. The number of rotatable bonds is 5. The molecule has 0 aromatic carbocycles. The Morgan fingerprint density at radius 2 is 2.32 bits per heavy atom. The van der Waals surface area contributed by atoms with Crippen molar-refractivity contribution in [2.45, 2.75) is 37.8 Å². The minimum Gasteiger partial charge on any atom is -0.378 e. The van der Waals surface area contributed by atoms with Gasteiger partial charge in [-0.25, -0.2) is 4.79 Å². The van der Waals surface area contributed by atoms with Gasteiger partial charge in [0, 0.05) is 26.1 Å². The van der Waals surface area contributed by atoms with E-state index in [2.05, 4.69) is 25.7 Å². The van der Waals surface area contributed by atoms with Crippen molar-refractivity contribution in [3.05, 3.63) is 11.7 Å². The van der Waals surface area contributed by atoms with Crippen molar-refractivity contribution in [1.82, 2.24) is 25.7 Å². The highest BCUT2D eigenvalue weighted by atomic mass is 16.5. The second kappa shape index (κ2) is 7.06. The van der Waals surface area contributed by atoms with E-state index in [9.17, 15) is 4.79 Å². The zero-order valence-electron chi connectivity index (χ0n) is 12.9. The molecule has 8 nitrogen and oxygen atoms in total. The number of hydrogen-bond acceptors (Lipinski definition) is 6. The maximum Gasteiger partial charge on any atom is 0.314 e. The first-order valence-corrected chi connectivity index (χ1v) is 7.86. The van der Waals surface area contributed by atoms with Crippen molar-refractivity contribution in [3.63, 3.8) is 0 Å². The van der Waals surface area contributed by atoms with Crippen LogP contribution in [0.25, 0.3) is 0 Å². The minimum absolute atomic E-state index is 0.122. The largest absolute Gasteiger partial charge is 0.378 e. The summed E-state index contributed by atoms with van der Waals surface area (Å²) in [7, 11) is 1.60. The maximum atomic E-state index is 11.3. The highest BCUT2D eigenvalue weighted by Crippen LogP contribution is 2.35. The summed E-state index contributed by atoms with van der Waals surface area (Å²) in [5.41, 5.74) is 0. The molecule has 0 radical (unpaired) electrons. The third kappa shape index (κ3) is 3.56. The van der Waals surface area contributed by atoms with Crippen molar-refractivity contribution >= 4 is 6.03 Å². The number of morpholine rings is 1. The summed E-state index contributed by atoms with van der Waals surface area (Å²) < 4.78 is 10.9. The van der Waals surface area contributed by atoms with Gasteiger partial charge in [0.2, 0.25) is 5.89 Å². The lowest BCUT2D eigenvalue weighted by atomic mass is 9.85. The Morgan fingerprint density at radius 1 is 1.45 bits per heavy atom. The van der Waals surface area contributed by atoms with Crippen LogP contribution < -0.4 is 10.6 Å². The van der Waals surface area contributed by atoms with Crippen LogP contribution in [0.15, 0.2) is 4.52 Å². The molecule has 3 rings (SSSR count). The van der Waals surface area contributed by atoms with E-state index in [0.29, 0.717) is 38.0 Å². The fourth-order valence-electron chi connectivity index (χ4n) is 2.72. The Bertz CT molecular complexity index is 502. The number of urea groups is 1. The van der Waals surface area contributed by atoms with Gasteiger partial charge in [-0.15, -0.1) is 0 Å². The number of aromatic nitrogens is 2. The number of ether oxygens (including phenoxy) is 1. The summed E-state index contributed by atoms with van der Waals surface area (Å²) in [5.74, 6) is 1.94. The first-order valence-electron chi connectivity index (χ1n) is 7.86. The Labute approximate surface area is 129 Å². The number of hydrogen-bond donors (Lipinski definition) is 2. The summed E-state index contributed by atoms with van der Waals surface area (Å²) in [6, 6.07) is -0.0611. The molecular weight excluding hydrogens is 286 g/mol. The van der Waals surface area contributed by atoms with Gasteiger partial charge in [0.1, 0.15) is 0 Å². The van der Waals surface area contributed by atoms with Gasteiger partial charge < -0.3 is 19.9 Å². The van der Waals surface area contributed by atoms with Gasteiger partial charge >= 0.3 is 6.03 Å². The molecule has 2 fully saturated rings. The molecule has 0 spiro atoms. The zero-order chi connectivity index (χ0) is 15.4.